The predicted octanol–water partition coefficient (Wildman–Crippen LogP) is 5.92. The highest BCUT2D eigenvalue weighted by Gasteiger charge is 2.29. The summed E-state index contributed by atoms with van der Waals surface area (Å²) in [5, 5.41) is 1.05. The molecule has 0 unspecified atom stereocenters. The van der Waals surface area contributed by atoms with Crippen LogP contribution in [0.3, 0.4) is 0 Å². The zero-order chi connectivity index (χ0) is 19.3. The van der Waals surface area contributed by atoms with Crippen molar-refractivity contribution < 1.29 is 4.79 Å². The van der Waals surface area contributed by atoms with E-state index in [1.165, 1.54) is 0 Å². The minimum absolute atomic E-state index is 0.00976. The topological polar surface area (TPSA) is 25.2 Å². The summed E-state index contributed by atoms with van der Waals surface area (Å²) < 4.78 is 2.11. The number of carbonyl (C=O) groups excluding carboxylic acids is 1. The number of aromatic nitrogens is 1. The van der Waals surface area contributed by atoms with Crippen LogP contribution in [-0.4, -0.2) is 17.5 Å². The molecule has 0 atom stereocenters. The molecule has 136 valence electrons. The van der Waals surface area contributed by atoms with Crippen molar-refractivity contribution in [2.45, 2.75) is 13.8 Å². The van der Waals surface area contributed by atoms with E-state index in [1.807, 2.05) is 56.3 Å². The Kier molecular flexibility index (Phi) is 4.37. The first-order valence-corrected chi connectivity index (χ1v) is 9.37. The summed E-state index contributed by atoms with van der Waals surface area (Å²) in [7, 11) is 1.81. The molecular formula is C22H18Cl2N2O. The number of hydrogen-bond acceptors (Lipinski definition) is 1. The standard InChI is InChI=1S/C22H18Cl2N2O/c1-13-10-15(14(2)26(13)16-8-9-19(23)20(24)12-16)11-18-17-6-4-5-7-21(17)25(3)22(18)27/h4-12H,1-3H3/b18-11+. The van der Waals surface area contributed by atoms with Gasteiger partial charge in [-0.05, 0) is 55.8 Å². The molecule has 0 aliphatic carbocycles. The van der Waals surface area contributed by atoms with Crippen molar-refractivity contribution in [1.29, 1.82) is 0 Å². The van der Waals surface area contributed by atoms with E-state index >= 15 is 0 Å². The Morgan fingerprint density at radius 2 is 1.70 bits per heavy atom. The van der Waals surface area contributed by atoms with Gasteiger partial charge in [-0.15, -0.1) is 0 Å². The first-order valence-electron chi connectivity index (χ1n) is 8.62. The van der Waals surface area contributed by atoms with Gasteiger partial charge in [-0.3, -0.25) is 4.79 Å². The van der Waals surface area contributed by atoms with E-state index in [-0.39, 0.29) is 5.91 Å². The number of nitrogens with zero attached hydrogens (tertiary/aromatic N) is 2. The van der Waals surface area contributed by atoms with Crippen LogP contribution < -0.4 is 4.90 Å². The molecular weight excluding hydrogens is 379 g/mol. The molecule has 1 aliphatic heterocycles. The fourth-order valence-electron chi connectivity index (χ4n) is 3.65. The molecule has 1 aliphatic rings. The highest BCUT2D eigenvalue weighted by molar-refractivity contribution is 6.42. The third-order valence-corrected chi connectivity index (χ3v) is 5.76. The first kappa shape index (κ1) is 17.9. The first-order chi connectivity index (χ1) is 12.9. The number of halogens is 2. The van der Waals surface area contributed by atoms with E-state index in [1.54, 1.807) is 18.0 Å². The predicted molar refractivity (Wildman–Crippen MR) is 113 cm³/mol. The summed E-state index contributed by atoms with van der Waals surface area (Å²) in [5.41, 5.74) is 6.66. The number of para-hydroxylation sites is 1. The fourth-order valence-corrected chi connectivity index (χ4v) is 3.94. The number of likely N-dealkylation sites (N-methyl/N-ethyl adjacent to an activating group) is 1. The molecule has 4 rings (SSSR count). The molecule has 1 amide bonds. The molecule has 0 spiro atoms. The minimum Gasteiger partial charge on any atom is -0.318 e. The van der Waals surface area contributed by atoms with E-state index in [9.17, 15) is 4.79 Å². The lowest BCUT2D eigenvalue weighted by Crippen LogP contribution is -2.20. The van der Waals surface area contributed by atoms with Crippen LogP contribution in [-0.2, 0) is 4.79 Å². The molecule has 0 radical (unpaired) electrons. The summed E-state index contributed by atoms with van der Waals surface area (Å²) >= 11 is 12.2. The second-order valence-corrected chi connectivity index (χ2v) is 7.51. The van der Waals surface area contributed by atoms with Gasteiger partial charge in [-0.1, -0.05) is 41.4 Å². The second-order valence-electron chi connectivity index (χ2n) is 6.70. The maximum Gasteiger partial charge on any atom is 0.258 e. The summed E-state index contributed by atoms with van der Waals surface area (Å²) in [6.45, 7) is 4.07. The number of hydrogen-bond donors (Lipinski definition) is 0. The summed E-state index contributed by atoms with van der Waals surface area (Å²) in [6.07, 6.45) is 1.97. The van der Waals surface area contributed by atoms with Gasteiger partial charge in [-0.25, -0.2) is 0 Å². The van der Waals surface area contributed by atoms with Crippen molar-refractivity contribution in [2.24, 2.45) is 0 Å². The van der Waals surface area contributed by atoms with Gasteiger partial charge >= 0.3 is 0 Å². The van der Waals surface area contributed by atoms with Crippen LogP contribution in [0.1, 0.15) is 22.5 Å². The summed E-state index contributed by atoms with van der Waals surface area (Å²) in [5.74, 6) is 0.00976. The summed E-state index contributed by atoms with van der Waals surface area (Å²) in [4.78, 5) is 14.4. The fraction of sp³-hybridized carbons (Fsp3) is 0.136. The average Bonchev–Trinajstić information content (AvgIpc) is 3.06. The van der Waals surface area contributed by atoms with E-state index in [2.05, 4.69) is 10.6 Å². The number of anilines is 1. The Balaban J connectivity index is 1.84. The van der Waals surface area contributed by atoms with E-state index in [0.717, 1.165) is 33.9 Å². The zero-order valence-electron chi connectivity index (χ0n) is 15.3. The van der Waals surface area contributed by atoms with Gasteiger partial charge < -0.3 is 9.47 Å². The van der Waals surface area contributed by atoms with Gasteiger partial charge in [0.15, 0.2) is 0 Å². The smallest absolute Gasteiger partial charge is 0.258 e. The van der Waals surface area contributed by atoms with Gasteiger partial charge in [0.1, 0.15) is 0 Å². The molecule has 27 heavy (non-hydrogen) atoms. The minimum atomic E-state index is 0.00976. The molecule has 3 nitrogen and oxygen atoms in total. The van der Waals surface area contributed by atoms with Crippen molar-refractivity contribution in [3.05, 3.63) is 81.1 Å². The third kappa shape index (κ3) is 2.88. The van der Waals surface area contributed by atoms with Crippen molar-refractivity contribution in [1.82, 2.24) is 4.57 Å². The number of aryl methyl sites for hydroxylation is 1. The lowest BCUT2D eigenvalue weighted by atomic mass is 10.0. The molecule has 3 aromatic rings. The monoisotopic (exact) mass is 396 g/mol. The SMILES string of the molecule is Cc1cc(/C=C2/C(=O)N(C)c3ccccc32)c(C)n1-c1ccc(Cl)c(Cl)c1. The van der Waals surface area contributed by atoms with Crippen LogP contribution in [0.2, 0.25) is 10.0 Å². The van der Waals surface area contributed by atoms with Crippen LogP contribution in [0.15, 0.2) is 48.5 Å². The summed E-state index contributed by atoms with van der Waals surface area (Å²) in [6, 6.07) is 15.5. The van der Waals surface area contributed by atoms with E-state index < -0.39 is 0 Å². The largest absolute Gasteiger partial charge is 0.318 e. The number of benzene rings is 2. The lowest BCUT2D eigenvalue weighted by molar-refractivity contribution is -0.112. The van der Waals surface area contributed by atoms with Crippen LogP contribution in [0.5, 0.6) is 0 Å². The molecule has 5 heteroatoms. The molecule has 2 heterocycles. The van der Waals surface area contributed by atoms with Crippen LogP contribution >= 0.6 is 23.2 Å². The van der Waals surface area contributed by atoms with Crippen LogP contribution in [0.25, 0.3) is 17.3 Å². The van der Waals surface area contributed by atoms with Gasteiger partial charge in [0.25, 0.3) is 5.91 Å². The highest BCUT2D eigenvalue weighted by atomic mass is 35.5. The molecule has 0 saturated heterocycles. The van der Waals surface area contributed by atoms with Gasteiger partial charge in [0.2, 0.25) is 0 Å². The Morgan fingerprint density at radius 1 is 0.963 bits per heavy atom. The molecule has 0 fully saturated rings. The molecule has 0 bridgehead atoms. The normalized spacial score (nSPS) is 14.9. The molecule has 0 N–H and O–H groups in total. The second kappa shape index (κ2) is 6.59. The number of fused-ring (bicyclic) bond motifs is 1. The zero-order valence-corrected chi connectivity index (χ0v) is 16.8. The molecule has 0 saturated carbocycles. The lowest BCUT2D eigenvalue weighted by Gasteiger charge is -2.11. The third-order valence-electron chi connectivity index (χ3n) is 5.02. The Morgan fingerprint density at radius 3 is 2.44 bits per heavy atom. The Hall–Kier alpha value is -2.49. The van der Waals surface area contributed by atoms with Crippen LogP contribution in [0.4, 0.5) is 5.69 Å². The maximum atomic E-state index is 12.7. The van der Waals surface area contributed by atoms with E-state index in [0.29, 0.717) is 15.6 Å². The van der Waals surface area contributed by atoms with Crippen LogP contribution in [0, 0.1) is 13.8 Å². The quantitative estimate of drug-likeness (QED) is 0.493. The average molecular weight is 397 g/mol. The molecule has 1 aromatic heterocycles. The van der Waals surface area contributed by atoms with Gasteiger partial charge in [0, 0.05) is 35.3 Å². The number of amides is 1. The van der Waals surface area contributed by atoms with Crippen molar-refractivity contribution in [3.8, 4) is 5.69 Å². The Bertz CT molecular complexity index is 1110. The van der Waals surface area contributed by atoms with E-state index in [4.69, 9.17) is 23.2 Å². The maximum absolute atomic E-state index is 12.7. The van der Waals surface area contributed by atoms with Gasteiger partial charge in [0.05, 0.1) is 15.7 Å². The number of carbonyl (C=O) groups is 1. The van der Waals surface area contributed by atoms with Gasteiger partial charge in [-0.2, -0.15) is 0 Å². The van der Waals surface area contributed by atoms with Crippen molar-refractivity contribution in [3.63, 3.8) is 0 Å². The highest BCUT2D eigenvalue weighted by Crippen LogP contribution is 2.37. The van der Waals surface area contributed by atoms with Crippen molar-refractivity contribution >= 4 is 46.4 Å². The Labute approximate surface area is 168 Å². The molecule has 2 aromatic carbocycles. The van der Waals surface area contributed by atoms with Crippen molar-refractivity contribution in [2.75, 3.05) is 11.9 Å². The number of rotatable bonds is 2.